The summed E-state index contributed by atoms with van der Waals surface area (Å²) in [5, 5.41) is 10.4. The van der Waals surface area contributed by atoms with Gasteiger partial charge in [-0.15, -0.1) is 10.2 Å². The molecular weight excluding hydrogens is 272 g/mol. The van der Waals surface area contributed by atoms with Gasteiger partial charge < -0.3 is 15.0 Å². The third-order valence-corrected chi connectivity index (χ3v) is 6.04. The molecule has 110 valence electrons. The third kappa shape index (κ3) is 2.27. The molecule has 2 N–H and O–H groups in total. The van der Waals surface area contributed by atoms with Gasteiger partial charge in [-0.05, 0) is 44.9 Å². The highest BCUT2D eigenvalue weighted by Crippen LogP contribution is 2.47. The first-order chi connectivity index (χ1) is 9.80. The second-order valence-electron chi connectivity index (χ2n) is 6.32. The second kappa shape index (κ2) is 5.00. The van der Waals surface area contributed by atoms with Gasteiger partial charge in [-0.3, -0.25) is 0 Å². The van der Waals surface area contributed by atoms with Crippen LogP contribution in [0.4, 0.5) is 0 Å². The van der Waals surface area contributed by atoms with E-state index in [1.54, 1.807) is 0 Å². The van der Waals surface area contributed by atoms with Crippen LogP contribution in [0.15, 0.2) is 5.16 Å². The van der Waals surface area contributed by atoms with Crippen LogP contribution in [0.5, 0.6) is 0 Å². The van der Waals surface area contributed by atoms with Gasteiger partial charge in [-0.2, -0.15) is 0 Å². The van der Waals surface area contributed by atoms with Crippen LogP contribution >= 0.6 is 11.8 Å². The van der Waals surface area contributed by atoms with Crippen LogP contribution in [0.1, 0.15) is 56.8 Å². The lowest BCUT2D eigenvalue weighted by Gasteiger charge is -2.46. The Bertz CT molecular complexity index is 495. The van der Waals surface area contributed by atoms with Gasteiger partial charge in [0, 0.05) is 17.9 Å². The molecular formula is C14H22N4OS. The first-order valence-corrected chi connectivity index (χ1v) is 8.62. The zero-order valence-electron chi connectivity index (χ0n) is 11.8. The number of hydrogen-bond acceptors (Lipinski definition) is 5. The predicted molar refractivity (Wildman–Crippen MR) is 77.6 cm³/mol. The van der Waals surface area contributed by atoms with Crippen molar-refractivity contribution in [3.05, 3.63) is 5.82 Å². The van der Waals surface area contributed by atoms with Gasteiger partial charge >= 0.3 is 0 Å². The van der Waals surface area contributed by atoms with Gasteiger partial charge in [0.05, 0.1) is 12.1 Å². The Balaban J connectivity index is 1.49. The molecule has 1 atom stereocenters. The van der Waals surface area contributed by atoms with Gasteiger partial charge in [0.25, 0.3) is 0 Å². The van der Waals surface area contributed by atoms with Crippen molar-refractivity contribution in [2.75, 3.05) is 6.61 Å². The van der Waals surface area contributed by atoms with Crippen LogP contribution in [-0.4, -0.2) is 32.2 Å². The minimum Gasteiger partial charge on any atom is -0.375 e. The van der Waals surface area contributed by atoms with E-state index < -0.39 is 0 Å². The zero-order valence-corrected chi connectivity index (χ0v) is 12.6. The summed E-state index contributed by atoms with van der Waals surface area (Å²) < 4.78 is 8.29. The highest BCUT2D eigenvalue weighted by atomic mass is 32.2. The van der Waals surface area contributed by atoms with E-state index in [-0.39, 0.29) is 5.60 Å². The summed E-state index contributed by atoms with van der Waals surface area (Å²) in [6.07, 6.45) is 8.61. The van der Waals surface area contributed by atoms with Gasteiger partial charge in [-0.25, -0.2) is 0 Å². The molecule has 1 saturated heterocycles. The van der Waals surface area contributed by atoms with Crippen LogP contribution < -0.4 is 5.73 Å². The van der Waals surface area contributed by atoms with Crippen LogP contribution in [0.25, 0.3) is 0 Å². The van der Waals surface area contributed by atoms with Crippen molar-refractivity contribution in [1.29, 1.82) is 0 Å². The molecule has 3 fully saturated rings. The lowest BCUT2D eigenvalue weighted by Crippen LogP contribution is -2.46. The molecule has 0 aromatic carbocycles. The summed E-state index contributed by atoms with van der Waals surface area (Å²) in [6, 6.07) is 0.601. The molecule has 4 rings (SSSR count). The summed E-state index contributed by atoms with van der Waals surface area (Å²) in [5.41, 5.74) is 5.99. The van der Waals surface area contributed by atoms with Gasteiger partial charge in [0.15, 0.2) is 5.16 Å². The summed E-state index contributed by atoms with van der Waals surface area (Å²) in [7, 11) is 0. The molecule has 2 aliphatic carbocycles. The zero-order chi connectivity index (χ0) is 13.6. The van der Waals surface area contributed by atoms with Crippen molar-refractivity contribution in [2.24, 2.45) is 5.73 Å². The molecule has 1 aromatic heterocycles. The molecule has 5 nitrogen and oxygen atoms in total. The first kappa shape index (κ1) is 13.1. The van der Waals surface area contributed by atoms with E-state index in [1.807, 2.05) is 11.8 Å². The summed E-state index contributed by atoms with van der Waals surface area (Å²) >= 11 is 1.90. The van der Waals surface area contributed by atoms with Gasteiger partial charge in [0.2, 0.25) is 0 Å². The van der Waals surface area contributed by atoms with Crippen molar-refractivity contribution in [3.63, 3.8) is 0 Å². The Hall–Kier alpha value is -0.590. The SMILES string of the molecule is NCc1nnc(SC2CCOC3(CCC3)C2)n1C1CC1. The predicted octanol–water partition coefficient (Wildman–Crippen LogP) is 2.27. The largest absolute Gasteiger partial charge is 0.375 e. The van der Waals surface area contributed by atoms with Crippen molar-refractivity contribution in [1.82, 2.24) is 14.8 Å². The minimum absolute atomic E-state index is 0.205. The number of nitrogens with zero attached hydrogens (tertiary/aromatic N) is 3. The second-order valence-corrected chi connectivity index (χ2v) is 7.59. The van der Waals surface area contributed by atoms with E-state index in [0.29, 0.717) is 17.8 Å². The van der Waals surface area contributed by atoms with E-state index in [2.05, 4.69) is 14.8 Å². The van der Waals surface area contributed by atoms with Crippen LogP contribution in [0.3, 0.4) is 0 Å². The van der Waals surface area contributed by atoms with E-state index in [1.165, 1.54) is 38.5 Å². The fourth-order valence-electron chi connectivity index (χ4n) is 3.38. The number of ether oxygens (including phenoxy) is 1. The molecule has 3 aliphatic rings. The van der Waals surface area contributed by atoms with Crippen molar-refractivity contribution in [2.45, 2.75) is 73.5 Å². The minimum atomic E-state index is 0.205. The highest BCUT2D eigenvalue weighted by Gasteiger charge is 2.43. The van der Waals surface area contributed by atoms with Gasteiger partial charge in [-0.1, -0.05) is 11.8 Å². The van der Waals surface area contributed by atoms with E-state index in [0.717, 1.165) is 24.0 Å². The van der Waals surface area contributed by atoms with E-state index in [4.69, 9.17) is 10.5 Å². The summed E-state index contributed by atoms with van der Waals surface area (Å²) in [4.78, 5) is 0. The highest BCUT2D eigenvalue weighted by molar-refractivity contribution is 7.99. The number of hydrogen-bond donors (Lipinski definition) is 1. The average molecular weight is 294 g/mol. The maximum Gasteiger partial charge on any atom is 0.191 e. The Kier molecular flexibility index (Phi) is 3.27. The monoisotopic (exact) mass is 294 g/mol. The lowest BCUT2D eigenvalue weighted by molar-refractivity contribution is -0.125. The standard InChI is InChI=1S/C14H22N4OS/c15-9-12-16-17-13(18(12)10-2-3-10)20-11-4-7-19-14(8-11)5-1-6-14/h10-11H,1-9,15H2. The Morgan fingerprint density at radius 2 is 2.15 bits per heavy atom. The Morgan fingerprint density at radius 1 is 1.30 bits per heavy atom. The molecule has 1 unspecified atom stereocenters. The molecule has 1 aromatic rings. The maximum atomic E-state index is 6.01. The van der Waals surface area contributed by atoms with Crippen molar-refractivity contribution >= 4 is 11.8 Å². The first-order valence-electron chi connectivity index (χ1n) is 7.74. The summed E-state index contributed by atoms with van der Waals surface area (Å²) in [6.45, 7) is 1.39. The van der Waals surface area contributed by atoms with Crippen molar-refractivity contribution in [3.8, 4) is 0 Å². The number of aromatic nitrogens is 3. The molecule has 2 saturated carbocycles. The van der Waals surface area contributed by atoms with Gasteiger partial charge in [0.1, 0.15) is 5.82 Å². The smallest absolute Gasteiger partial charge is 0.191 e. The topological polar surface area (TPSA) is 66.0 Å². The third-order valence-electron chi connectivity index (χ3n) is 4.81. The fourth-order valence-corrected chi connectivity index (χ4v) is 4.73. The molecule has 0 radical (unpaired) electrons. The van der Waals surface area contributed by atoms with Crippen LogP contribution in [0.2, 0.25) is 0 Å². The molecule has 20 heavy (non-hydrogen) atoms. The molecule has 2 heterocycles. The number of rotatable bonds is 4. The Labute approximate surface area is 123 Å². The number of thioether (sulfide) groups is 1. The number of nitrogens with two attached hydrogens (primary N) is 1. The van der Waals surface area contributed by atoms with Crippen LogP contribution in [-0.2, 0) is 11.3 Å². The van der Waals surface area contributed by atoms with E-state index in [9.17, 15) is 0 Å². The maximum absolute atomic E-state index is 6.01. The summed E-state index contributed by atoms with van der Waals surface area (Å²) in [5.74, 6) is 0.945. The molecule has 0 bridgehead atoms. The molecule has 1 aliphatic heterocycles. The normalized spacial score (nSPS) is 28.6. The molecule has 1 spiro atoms. The molecule has 6 heteroatoms. The lowest BCUT2D eigenvalue weighted by atomic mass is 9.75. The van der Waals surface area contributed by atoms with Crippen LogP contribution in [0, 0.1) is 0 Å². The van der Waals surface area contributed by atoms with Crippen molar-refractivity contribution < 1.29 is 4.74 Å². The fraction of sp³-hybridized carbons (Fsp3) is 0.857. The average Bonchev–Trinajstić information content (AvgIpc) is 3.19. The molecule has 0 amide bonds. The van der Waals surface area contributed by atoms with E-state index >= 15 is 0 Å². The Morgan fingerprint density at radius 3 is 2.80 bits per heavy atom. The quantitative estimate of drug-likeness (QED) is 0.922.